The van der Waals surface area contributed by atoms with Crippen LogP contribution in [0.2, 0.25) is 0 Å². The van der Waals surface area contributed by atoms with Gasteiger partial charge in [-0.3, -0.25) is 14.5 Å². The smallest absolute Gasteiger partial charge is 0.309 e. The van der Waals surface area contributed by atoms with E-state index in [1.54, 1.807) is 17.4 Å². The number of amides is 2. The predicted octanol–water partition coefficient (Wildman–Crippen LogP) is 2.71. The van der Waals surface area contributed by atoms with Crippen LogP contribution in [0.4, 0.5) is 10.1 Å². The Labute approximate surface area is 205 Å². The van der Waals surface area contributed by atoms with Crippen LogP contribution in [0.15, 0.2) is 41.8 Å². The average Bonchev–Trinajstić information content (AvgIpc) is 3.37. The van der Waals surface area contributed by atoms with Crippen molar-refractivity contribution in [3.05, 3.63) is 52.5 Å². The molecule has 1 aliphatic rings. The Morgan fingerprint density at radius 1 is 1.06 bits per heavy atom. The maximum Gasteiger partial charge on any atom is 0.309 e. The molecule has 1 aromatic carbocycles. The maximum atomic E-state index is 14.2. The highest BCUT2D eigenvalue weighted by molar-refractivity contribution is 7.10. The summed E-state index contributed by atoms with van der Waals surface area (Å²) in [5, 5.41) is 7.65. The van der Waals surface area contributed by atoms with Gasteiger partial charge < -0.3 is 20.4 Å². The Morgan fingerprint density at radius 3 is 2.38 bits per heavy atom. The number of nitrogens with zero attached hydrogens (tertiary/aromatic N) is 3. The van der Waals surface area contributed by atoms with Crippen LogP contribution in [0.5, 0.6) is 0 Å². The largest absolute Gasteiger partial charge is 0.367 e. The third kappa shape index (κ3) is 6.77. The van der Waals surface area contributed by atoms with Crippen molar-refractivity contribution in [2.24, 2.45) is 0 Å². The highest BCUT2D eigenvalue weighted by Crippen LogP contribution is 2.30. The molecule has 0 aliphatic carbocycles. The van der Waals surface area contributed by atoms with Gasteiger partial charge in [0.2, 0.25) is 0 Å². The molecule has 0 bridgehead atoms. The van der Waals surface area contributed by atoms with Gasteiger partial charge in [-0.15, -0.1) is 11.3 Å². The van der Waals surface area contributed by atoms with Crippen LogP contribution in [0.25, 0.3) is 0 Å². The van der Waals surface area contributed by atoms with Crippen molar-refractivity contribution >= 4 is 28.8 Å². The van der Waals surface area contributed by atoms with Gasteiger partial charge in [-0.25, -0.2) is 4.39 Å². The van der Waals surface area contributed by atoms with Crippen molar-refractivity contribution in [3.8, 4) is 0 Å². The monoisotopic (exact) mass is 489 g/mol. The highest BCUT2D eigenvalue weighted by atomic mass is 32.1. The Kier molecular flexibility index (Phi) is 9.86. The molecule has 0 saturated carbocycles. The third-order valence-electron chi connectivity index (χ3n) is 6.38. The molecule has 7 nitrogen and oxygen atoms in total. The quantitative estimate of drug-likeness (QED) is 0.503. The molecule has 186 valence electrons. The van der Waals surface area contributed by atoms with Crippen LogP contribution in [-0.4, -0.2) is 80.0 Å². The number of hydrogen-bond donors (Lipinski definition) is 2. The zero-order valence-corrected chi connectivity index (χ0v) is 21.1. The molecule has 34 heavy (non-hydrogen) atoms. The second kappa shape index (κ2) is 12.8. The molecular formula is C25H36FN5O2S. The summed E-state index contributed by atoms with van der Waals surface area (Å²) in [6.45, 7) is 11.9. The zero-order valence-electron chi connectivity index (χ0n) is 20.3. The van der Waals surface area contributed by atoms with Crippen molar-refractivity contribution in [2.45, 2.75) is 32.9 Å². The Balaban J connectivity index is 1.59. The fraction of sp³-hybridized carbons (Fsp3) is 0.520. The van der Waals surface area contributed by atoms with Gasteiger partial charge in [0, 0.05) is 50.2 Å². The van der Waals surface area contributed by atoms with Gasteiger partial charge in [-0.2, -0.15) is 0 Å². The van der Waals surface area contributed by atoms with Gasteiger partial charge in [0.1, 0.15) is 5.82 Å². The van der Waals surface area contributed by atoms with Crippen LogP contribution in [0, 0.1) is 5.82 Å². The molecule has 1 aliphatic heterocycles. The van der Waals surface area contributed by atoms with Crippen LogP contribution in [0.1, 0.15) is 31.7 Å². The third-order valence-corrected chi connectivity index (χ3v) is 7.33. The molecule has 9 heteroatoms. The number of carbonyl (C=O) groups excluding carboxylic acids is 2. The first-order valence-electron chi connectivity index (χ1n) is 12.0. The summed E-state index contributed by atoms with van der Waals surface area (Å²) in [5.74, 6) is -1.43. The normalized spacial score (nSPS) is 16.3. The molecule has 2 aromatic rings. The number of likely N-dealkylation sites (N-methyl/N-ethyl adjacent to an activating group) is 1. The lowest BCUT2D eigenvalue weighted by molar-refractivity contribution is -0.139. The molecule has 2 atom stereocenters. The van der Waals surface area contributed by atoms with Crippen LogP contribution < -0.4 is 15.5 Å². The maximum absolute atomic E-state index is 14.2. The molecule has 1 fully saturated rings. The molecule has 3 rings (SSSR count). The lowest BCUT2D eigenvalue weighted by Crippen LogP contribution is -2.54. The number of rotatable bonds is 10. The highest BCUT2D eigenvalue weighted by Gasteiger charge is 2.32. The van der Waals surface area contributed by atoms with Crippen LogP contribution >= 0.6 is 11.3 Å². The molecule has 1 saturated heterocycles. The van der Waals surface area contributed by atoms with Gasteiger partial charge in [-0.05, 0) is 43.6 Å². The Morgan fingerprint density at radius 2 is 1.76 bits per heavy atom. The summed E-state index contributed by atoms with van der Waals surface area (Å²) in [6.07, 6.45) is 0. The number of hydrogen-bond acceptors (Lipinski definition) is 6. The van der Waals surface area contributed by atoms with Gasteiger partial charge in [0.15, 0.2) is 0 Å². The minimum Gasteiger partial charge on any atom is -0.367 e. The number of anilines is 1. The Bertz CT molecular complexity index is 914. The zero-order chi connectivity index (χ0) is 24.5. The van der Waals surface area contributed by atoms with Gasteiger partial charge >= 0.3 is 11.8 Å². The van der Waals surface area contributed by atoms with E-state index in [-0.39, 0.29) is 17.9 Å². The van der Waals surface area contributed by atoms with E-state index in [1.807, 2.05) is 30.5 Å². The molecule has 0 radical (unpaired) electrons. The summed E-state index contributed by atoms with van der Waals surface area (Å²) in [6, 6.07) is 10.6. The Hall–Kier alpha value is -2.49. The first-order chi connectivity index (χ1) is 16.4. The van der Waals surface area contributed by atoms with Gasteiger partial charge in [0.25, 0.3) is 0 Å². The molecule has 0 spiro atoms. The average molecular weight is 490 g/mol. The lowest BCUT2D eigenvalue weighted by Gasteiger charge is -2.42. The van der Waals surface area contributed by atoms with E-state index in [0.29, 0.717) is 31.9 Å². The van der Waals surface area contributed by atoms with Crippen LogP contribution in [-0.2, 0) is 9.59 Å². The van der Waals surface area contributed by atoms with E-state index in [2.05, 4.69) is 45.2 Å². The van der Waals surface area contributed by atoms with Crippen molar-refractivity contribution in [2.75, 3.05) is 57.3 Å². The number of nitrogens with one attached hydrogen (secondary N) is 2. The first kappa shape index (κ1) is 26.1. The van der Waals surface area contributed by atoms with E-state index in [1.165, 1.54) is 6.07 Å². The van der Waals surface area contributed by atoms with E-state index in [4.69, 9.17) is 0 Å². The molecular weight excluding hydrogens is 453 g/mol. The van der Waals surface area contributed by atoms with Gasteiger partial charge in [0.05, 0.1) is 11.7 Å². The lowest BCUT2D eigenvalue weighted by atomic mass is 10.0. The number of para-hydroxylation sites is 1. The fourth-order valence-corrected chi connectivity index (χ4v) is 5.41. The second-order valence-corrected chi connectivity index (χ2v) is 9.46. The topological polar surface area (TPSA) is 67.9 Å². The first-order valence-corrected chi connectivity index (χ1v) is 12.9. The number of carbonyl (C=O) groups is 2. The van der Waals surface area contributed by atoms with Crippen molar-refractivity contribution in [1.82, 2.24) is 20.4 Å². The second-order valence-electron chi connectivity index (χ2n) is 8.48. The number of piperazine rings is 1. The summed E-state index contributed by atoms with van der Waals surface area (Å²) in [4.78, 5) is 32.7. The number of halogens is 1. The molecule has 1 aromatic heterocycles. The van der Waals surface area contributed by atoms with Gasteiger partial charge in [-0.1, -0.05) is 32.0 Å². The summed E-state index contributed by atoms with van der Waals surface area (Å²) >= 11 is 1.64. The molecule has 2 heterocycles. The minimum absolute atomic E-state index is 0.0600. The number of thiophene rings is 1. The fourth-order valence-electron chi connectivity index (χ4n) is 4.45. The standard InChI is InChI=1S/C25H36FN5O2S/c1-4-29(5-2)13-12-27-24(32)25(33)28-19(3)23(22-11-8-18-34-22)31-16-14-30(15-17-31)21-10-7-6-9-20(21)26/h6-11,18-19,23H,4-5,12-17H2,1-3H3,(H,27,32)(H,28,33)/t19-,23-/m0/s1. The van der Waals surface area contributed by atoms with E-state index < -0.39 is 11.8 Å². The predicted molar refractivity (Wildman–Crippen MR) is 136 cm³/mol. The minimum atomic E-state index is -0.612. The molecule has 2 amide bonds. The van der Waals surface area contributed by atoms with Crippen molar-refractivity contribution in [3.63, 3.8) is 0 Å². The number of benzene rings is 1. The van der Waals surface area contributed by atoms with E-state index in [0.717, 1.165) is 31.1 Å². The summed E-state index contributed by atoms with van der Waals surface area (Å²) < 4.78 is 14.2. The van der Waals surface area contributed by atoms with Crippen molar-refractivity contribution in [1.29, 1.82) is 0 Å². The molecule has 2 N–H and O–H groups in total. The van der Waals surface area contributed by atoms with Crippen molar-refractivity contribution < 1.29 is 14.0 Å². The van der Waals surface area contributed by atoms with E-state index in [9.17, 15) is 14.0 Å². The SMILES string of the molecule is CCN(CC)CCNC(=O)C(=O)N[C@@H](C)[C@@H](c1cccs1)N1CCN(c2ccccc2F)CC1. The van der Waals surface area contributed by atoms with Crippen LogP contribution in [0.3, 0.4) is 0 Å². The summed E-state index contributed by atoms with van der Waals surface area (Å²) in [7, 11) is 0. The molecule has 0 unspecified atom stereocenters. The summed E-state index contributed by atoms with van der Waals surface area (Å²) in [5.41, 5.74) is 0.623. The van der Waals surface area contributed by atoms with E-state index >= 15 is 0 Å².